The summed E-state index contributed by atoms with van der Waals surface area (Å²) in [4.78, 5) is 11.9. The van der Waals surface area contributed by atoms with E-state index in [1.54, 1.807) is 0 Å². The molecule has 0 bridgehead atoms. The summed E-state index contributed by atoms with van der Waals surface area (Å²) in [5.41, 5.74) is 1.10. The minimum atomic E-state index is 0.351. The van der Waals surface area contributed by atoms with Crippen LogP contribution in [-0.2, 0) is 11.2 Å². The minimum absolute atomic E-state index is 0.351. The fraction of sp³-hybridized carbons (Fsp3) is 0.500. The highest BCUT2D eigenvalue weighted by atomic mass is 79.9. The first-order valence-corrected chi connectivity index (χ1v) is 7.01. The number of rotatable bonds is 5. The Hall–Kier alpha value is -0.670. The Balaban J connectivity index is 1.79. The molecule has 0 amide bonds. The van der Waals surface area contributed by atoms with Gasteiger partial charge >= 0.3 is 0 Å². The Morgan fingerprint density at radius 1 is 1.41 bits per heavy atom. The molecule has 92 valence electrons. The molecule has 1 unspecified atom stereocenters. The highest BCUT2D eigenvalue weighted by molar-refractivity contribution is 9.10. The van der Waals surface area contributed by atoms with Gasteiger partial charge in [-0.2, -0.15) is 0 Å². The Labute approximate surface area is 111 Å². The Morgan fingerprint density at radius 3 is 2.94 bits per heavy atom. The van der Waals surface area contributed by atoms with Crippen molar-refractivity contribution in [2.75, 3.05) is 13.1 Å². The maximum absolute atomic E-state index is 11.9. The molecule has 1 aliphatic rings. The van der Waals surface area contributed by atoms with Crippen LogP contribution in [0.15, 0.2) is 28.7 Å². The smallest absolute Gasteiger partial charge is 0.137 e. The van der Waals surface area contributed by atoms with Crippen molar-refractivity contribution in [1.82, 2.24) is 5.32 Å². The summed E-state index contributed by atoms with van der Waals surface area (Å²) in [6, 6.07) is 7.96. The van der Waals surface area contributed by atoms with E-state index in [9.17, 15) is 4.79 Å². The number of nitrogens with one attached hydrogen (secondary N) is 1. The van der Waals surface area contributed by atoms with Crippen molar-refractivity contribution in [2.45, 2.75) is 25.7 Å². The minimum Gasteiger partial charge on any atom is -0.316 e. The third-order valence-corrected chi connectivity index (χ3v) is 4.11. The fourth-order valence-electron chi connectivity index (χ4n) is 2.27. The Morgan fingerprint density at radius 2 is 2.24 bits per heavy atom. The third-order valence-electron chi connectivity index (χ3n) is 3.34. The normalized spacial score (nSPS) is 19.5. The number of halogens is 1. The van der Waals surface area contributed by atoms with Crippen LogP contribution in [0.2, 0.25) is 0 Å². The fourth-order valence-corrected chi connectivity index (χ4v) is 2.69. The standard InChI is InChI=1S/C14H18BrNO/c15-14-4-2-1-3-12(14)9-13(17)6-5-11-7-8-16-10-11/h1-4,11,16H,5-10H2. The first-order valence-electron chi connectivity index (χ1n) is 6.21. The zero-order chi connectivity index (χ0) is 12.1. The molecule has 1 aromatic rings. The van der Waals surface area contributed by atoms with Gasteiger partial charge in [0.05, 0.1) is 0 Å². The molecule has 1 atom stereocenters. The van der Waals surface area contributed by atoms with Crippen LogP contribution in [0.4, 0.5) is 0 Å². The first kappa shape index (κ1) is 12.8. The maximum atomic E-state index is 11.9. The lowest BCUT2D eigenvalue weighted by Crippen LogP contribution is -2.11. The largest absolute Gasteiger partial charge is 0.316 e. The summed E-state index contributed by atoms with van der Waals surface area (Å²) >= 11 is 3.48. The van der Waals surface area contributed by atoms with E-state index in [-0.39, 0.29) is 0 Å². The van der Waals surface area contributed by atoms with Crippen molar-refractivity contribution >= 4 is 21.7 Å². The van der Waals surface area contributed by atoms with Crippen LogP contribution < -0.4 is 5.32 Å². The predicted octanol–water partition coefficient (Wildman–Crippen LogP) is 2.95. The Kier molecular flexibility index (Phi) is 4.75. The molecular weight excluding hydrogens is 278 g/mol. The van der Waals surface area contributed by atoms with Crippen molar-refractivity contribution in [3.8, 4) is 0 Å². The van der Waals surface area contributed by atoms with Gasteiger partial charge in [-0.25, -0.2) is 0 Å². The number of benzene rings is 1. The van der Waals surface area contributed by atoms with E-state index in [1.165, 1.54) is 6.42 Å². The second kappa shape index (κ2) is 6.31. The van der Waals surface area contributed by atoms with Gasteiger partial charge in [0.2, 0.25) is 0 Å². The first-order chi connectivity index (χ1) is 8.25. The van der Waals surface area contributed by atoms with E-state index in [1.807, 2.05) is 24.3 Å². The number of carbonyl (C=O) groups is 1. The summed E-state index contributed by atoms with van der Waals surface area (Å²) < 4.78 is 1.04. The molecule has 0 saturated carbocycles. The predicted molar refractivity (Wildman–Crippen MR) is 73.1 cm³/mol. The zero-order valence-corrected chi connectivity index (χ0v) is 11.5. The van der Waals surface area contributed by atoms with Gasteiger partial charge in [-0.15, -0.1) is 0 Å². The molecule has 1 N–H and O–H groups in total. The van der Waals surface area contributed by atoms with E-state index in [2.05, 4.69) is 21.2 Å². The molecule has 3 heteroatoms. The lowest BCUT2D eigenvalue weighted by molar-refractivity contribution is -0.118. The number of hydrogen-bond acceptors (Lipinski definition) is 2. The lowest BCUT2D eigenvalue weighted by Gasteiger charge is -2.07. The third kappa shape index (κ3) is 3.93. The molecule has 1 heterocycles. The van der Waals surface area contributed by atoms with Crippen molar-refractivity contribution in [3.05, 3.63) is 34.3 Å². The molecule has 1 fully saturated rings. The number of ketones is 1. The quantitative estimate of drug-likeness (QED) is 0.905. The molecule has 0 radical (unpaired) electrons. The summed E-state index contributed by atoms with van der Waals surface area (Å²) in [6.07, 6.45) is 3.54. The molecule has 0 aliphatic carbocycles. The van der Waals surface area contributed by atoms with Crippen LogP contribution in [-0.4, -0.2) is 18.9 Å². The molecule has 0 aromatic heterocycles. The van der Waals surface area contributed by atoms with Gasteiger partial charge in [-0.1, -0.05) is 34.1 Å². The average molecular weight is 296 g/mol. The van der Waals surface area contributed by atoms with Crippen LogP contribution in [0.1, 0.15) is 24.8 Å². The van der Waals surface area contributed by atoms with Gasteiger partial charge < -0.3 is 5.32 Å². The molecule has 2 nitrogen and oxygen atoms in total. The van der Waals surface area contributed by atoms with E-state index in [0.717, 1.165) is 29.5 Å². The second-order valence-electron chi connectivity index (χ2n) is 4.70. The molecule has 17 heavy (non-hydrogen) atoms. The van der Waals surface area contributed by atoms with Crippen LogP contribution in [0, 0.1) is 5.92 Å². The van der Waals surface area contributed by atoms with Gasteiger partial charge in [0.1, 0.15) is 5.78 Å². The van der Waals surface area contributed by atoms with E-state index in [4.69, 9.17) is 0 Å². The van der Waals surface area contributed by atoms with Gasteiger partial charge in [-0.05, 0) is 43.5 Å². The van der Waals surface area contributed by atoms with E-state index >= 15 is 0 Å². The summed E-state index contributed by atoms with van der Waals surface area (Å²) in [7, 11) is 0. The van der Waals surface area contributed by atoms with Crippen LogP contribution in [0.25, 0.3) is 0 Å². The number of hydrogen-bond donors (Lipinski definition) is 1. The van der Waals surface area contributed by atoms with E-state index in [0.29, 0.717) is 24.5 Å². The lowest BCUT2D eigenvalue weighted by atomic mass is 9.98. The molecule has 1 aromatic carbocycles. The molecule has 1 aliphatic heterocycles. The van der Waals surface area contributed by atoms with Gasteiger partial charge in [0.15, 0.2) is 0 Å². The molecule has 2 rings (SSSR count). The highest BCUT2D eigenvalue weighted by Gasteiger charge is 2.16. The van der Waals surface area contributed by atoms with Gasteiger partial charge in [-0.3, -0.25) is 4.79 Å². The number of carbonyl (C=O) groups excluding carboxylic acids is 1. The number of Topliss-reactive ketones (excluding diaryl/α,β-unsaturated/α-hetero) is 1. The van der Waals surface area contributed by atoms with Crippen molar-refractivity contribution in [2.24, 2.45) is 5.92 Å². The Bertz CT molecular complexity index is 386. The van der Waals surface area contributed by atoms with Crippen molar-refractivity contribution in [3.63, 3.8) is 0 Å². The van der Waals surface area contributed by atoms with Gasteiger partial charge in [0, 0.05) is 17.3 Å². The second-order valence-corrected chi connectivity index (χ2v) is 5.56. The topological polar surface area (TPSA) is 29.1 Å². The zero-order valence-electron chi connectivity index (χ0n) is 9.92. The van der Waals surface area contributed by atoms with Crippen LogP contribution >= 0.6 is 15.9 Å². The average Bonchev–Trinajstić information content (AvgIpc) is 2.82. The molecular formula is C14H18BrNO. The van der Waals surface area contributed by atoms with Crippen LogP contribution in [0.5, 0.6) is 0 Å². The highest BCUT2D eigenvalue weighted by Crippen LogP contribution is 2.19. The summed E-state index contributed by atoms with van der Waals surface area (Å²) in [6.45, 7) is 2.20. The monoisotopic (exact) mass is 295 g/mol. The van der Waals surface area contributed by atoms with Gasteiger partial charge in [0.25, 0.3) is 0 Å². The van der Waals surface area contributed by atoms with Crippen molar-refractivity contribution in [1.29, 1.82) is 0 Å². The maximum Gasteiger partial charge on any atom is 0.137 e. The molecule has 0 spiro atoms. The molecule has 1 saturated heterocycles. The SMILES string of the molecule is O=C(CCC1CCNC1)Cc1ccccc1Br. The van der Waals surface area contributed by atoms with Crippen LogP contribution in [0.3, 0.4) is 0 Å². The summed E-state index contributed by atoms with van der Waals surface area (Å²) in [5, 5.41) is 3.34. The van der Waals surface area contributed by atoms with Crippen molar-refractivity contribution < 1.29 is 4.79 Å². The summed E-state index contributed by atoms with van der Waals surface area (Å²) in [5.74, 6) is 1.06. The van der Waals surface area contributed by atoms with E-state index < -0.39 is 0 Å².